The van der Waals surface area contributed by atoms with Gasteiger partial charge in [-0.3, -0.25) is 4.79 Å². The van der Waals surface area contributed by atoms with Gasteiger partial charge in [0, 0.05) is 12.8 Å². The number of aliphatic carboxylic acids is 1. The van der Waals surface area contributed by atoms with E-state index >= 15 is 0 Å². The van der Waals surface area contributed by atoms with E-state index in [1.54, 1.807) is 0 Å². The lowest BCUT2D eigenvalue weighted by Crippen LogP contribution is -1.93. The average molecular weight is 278 g/mol. The van der Waals surface area contributed by atoms with Gasteiger partial charge in [0.2, 0.25) is 0 Å². The summed E-state index contributed by atoms with van der Waals surface area (Å²) in [4.78, 5) is 10.3. The molecule has 0 aromatic rings. The maximum Gasteiger partial charge on any atom is 0.303 e. The van der Waals surface area contributed by atoms with Crippen LogP contribution in [0.3, 0.4) is 0 Å². The highest BCUT2D eigenvalue weighted by molar-refractivity contribution is 5.66. The Balaban J connectivity index is 3.25. The van der Waals surface area contributed by atoms with Crippen molar-refractivity contribution in [1.82, 2.24) is 0 Å². The SMILES string of the molecule is CCCCCCCC=CC#CCCCCCCC(=O)O. The van der Waals surface area contributed by atoms with Crippen molar-refractivity contribution in [1.29, 1.82) is 0 Å². The van der Waals surface area contributed by atoms with Gasteiger partial charge >= 0.3 is 5.97 Å². The third kappa shape index (κ3) is 16.8. The van der Waals surface area contributed by atoms with Crippen LogP contribution in [-0.2, 0) is 4.79 Å². The first-order chi connectivity index (χ1) is 9.77. The van der Waals surface area contributed by atoms with Crippen molar-refractivity contribution in [2.75, 3.05) is 0 Å². The fraction of sp³-hybridized carbons (Fsp3) is 0.722. The number of unbranched alkanes of at least 4 members (excludes halogenated alkanes) is 9. The third-order valence-corrected chi connectivity index (χ3v) is 3.22. The second-order valence-corrected chi connectivity index (χ2v) is 5.23. The van der Waals surface area contributed by atoms with E-state index in [-0.39, 0.29) is 0 Å². The number of hydrogen-bond acceptors (Lipinski definition) is 1. The molecule has 0 radical (unpaired) electrons. The van der Waals surface area contributed by atoms with Gasteiger partial charge in [0.25, 0.3) is 0 Å². The van der Waals surface area contributed by atoms with Gasteiger partial charge in [0.05, 0.1) is 0 Å². The Kier molecular flexibility index (Phi) is 14.9. The maximum absolute atomic E-state index is 10.3. The Morgan fingerprint density at radius 1 is 1.00 bits per heavy atom. The Hall–Kier alpha value is -1.23. The van der Waals surface area contributed by atoms with Crippen molar-refractivity contribution in [3.63, 3.8) is 0 Å². The van der Waals surface area contributed by atoms with E-state index in [4.69, 9.17) is 5.11 Å². The van der Waals surface area contributed by atoms with Crippen molar-refractivity contribution in [3.05, 3.63) is 12.2 Å². The molecule has 0 saturated carbocycles. The zero-order chi connectivity index (χ0) is 14.9. The molecule has 0 amide bonds. The van der Waals surface area contributed by atoms with Gasteiger partial charge in [-0.2, -0.15) is 0 Å². The van der Waals surface area contributed by atoms with Crippen LogP contribution in [0.25, 0.3) is 0 Å². The van der Waals surface area contributed by atoms with Crippen molar-refractivity contribution in [3.8, 4) is 11.8 Å². The molecule has 0 rings (SSSR count). The Labute approximate surface area is 124 Å². The molecule has 0 aliphatic carbocycles. The van der Waals surface area contributed by atoms with E-state index in [1.807, 2.05) is 6.08 Å². The van der Waals surface area contributed by atoms with Gasteiger partial charge in [0.1, 0.15) is 0 Å². The minimum Gasteiger partial charge on any atom is -0.481 e. The highest BCUT2D eigenvalue weighted by Gasteiger charge is 1.95. The predicted octanol–water partition coefficient (Wildman–Crippen LogP) is 5.33. The molecule has 2 nitrogen and oxygen atoms in total. The van der Waals surface area contributed by atoms with Crippen LogP contribution in [0.5, 0.6) is 0 Å². The number of carboxylic acids is 1. The minimum atomic E-state index is -0.690. The molecule has 0 atom stereocenters. The lowest BCUT2D eigenvalue weighted by Gasteiger charge is -1.95. The fourth-order valence-electron chi connectivity index (χ4n) is 1.98. The molecule has 0 unspecified atom stereocenters. The Morgan fingerprint density at radius 2 is 1.70 bits per heavy atom. The van der Waals surface area contributed by atoms with Crippen molar-refractivity contribution in [2.24, 2.45) is 0 Å². The number of carboxylic acid groups (broad SMARTS) is 1. The number of rotatable bonds is 12. The van der Waals surface area contributed by atoms with Crippen LogP contribution in [0.4, 0.5) is 0 Å². The summed E-state index contributed by atoms with van der Waals surface area (Å²) in [5.41, 5.74) is 0. The Bertz CT molecular complexity index is 307. The number of hydrogen-bond donors (Lipinski definition) is 1. The van der Waals surface area contributed by atoms with Crippen LogP contribution in [0.15, 0.2) is 12.2 Å². The molecular weight excluding hydrogens is 248 g/mol. The van der Waals surface area contributed by atoms with E-state index in [2.05, 4.69) is 24.8 Å². The summed E-state index contributed by atoms with van der Waals surface area (Å²) in [6.07, 6.45) is 17.1. The standard InChI is InChI=1S/C18H30O2/c1-2-3-4-5-6-7-8-9-10-11-12-13-14-15-16-17-18(19)20/h8-9H,2-7,12-17H2,1H3,(H,19,20). The average Bonchev–Trinajstić information content (AvgIpc) is 2.43. The van der Waals surface area contributed by atoms with E-state index in [1.165, 1.54) is 32.1 Å². The molecule has 20 heavy (non-hydrogen) atoms. The number of allylic oxidation sites excluding steroid dienone is 2. The lowest BCUT2D eigenvalue weighted by molar-refractivity contribution is -0.137. The van der Waals surface area contributed by atoms with Crippen molar-refractivity contribution < 1.29 is 9.90 Å². The van der Waals surface area contributed by atoms with Crippen LogP contribution < -0.4 is 0 Å². The van der Waals surface area contributed by atoms with Crippen LogP contribution >= 0.6 is 0 Å². The Morgan fingerprint density at radius 3 is 2.45 bits per heavy atom. The maximum atomic E-state index is 10.3. The van der Waals surface area contributed by atoms with Gasteiger partial charge < -0.3 is 5.11 Å². The first-order valence-electron chi connectivity index (χ1n) is 8.12. The largest absolute Gasteiger partial charge is 0.481 e. The molecule has 1 N–H and O–H groups in total. The molecule has 0 saturated heterocycles. The first kappa shape index (κ1) is 18.8. The monoisotopic (exact) mass is 278 g/mol. The van der Waals surface area contributed by atoms with E-state index in [0.29, 0.717) is 6.42 Å². The second kappa shape index (κ2) is 15.8. The summed E-state index contributed by atoms with van der Waals surface area (Å²) in [5.74, 6) is 5.52. The van der Waals surface area contributed by atoms with Crippen LogP contribution in [0.1, 0.15) is 84.0 Å². The van der Waals surface area contributed by atoms with Crippen LogP contribution in [-0.4, -0.2) is 11.1 Å². The summed E-state index contributed by atoms with van der Waals surface area (Å²) < 4.78 is 0. The molecule has 0 fully saturated rings. The summed E-state index contributed by atoms with van der Waals surface area (Å²) in [6, 6.07) is 0. The molecule has 0 aromatic heterocycles. The van der Waals surface area contributed by atoms with Gasteiger partial charge in [-0.25, -0.2) is 0 Å². The minimum absolute atomic E-state index is 0.298. The number of carbonyl (C=O) groups is 1. The topological polar surface area (TPSA) is 37.3 Å². The molecular formula is C18H30O2. The summed E-state index contributed by atoms with van der Waals surface area (Å²) in [7, 11) is 0. The summed E-state index contributed by atoms with van der Waals surface area (Å²) in [5, 5.41) is 8.49. The molecule has 0 spiro atoms. The normalized spacial score (nSPS) is 10.4. The quantitative estimate of drug-likeness (QED) is 0.387. The van der Waals surface area contributed by atoms with Crippen LogP contribution in [0.2, 0.25) is 0 Å². The molecule has 2 heteroatoms. The lowest BCUT2D eigenvalue weighted by atomic mass is 10.1. The van der Waals surface area contributed by atoms with Crippen molar-refractivity contribution in [2.45, 2.75) is 84.0 Å². The van der Waals surface area contributed by atoms with Gasteiger partial charge in [-0.1, -0.05) is 63.4 Å². The van der Waals surface area contributed by atoms with E-state index < -0.39 is 5.97 Å². The second-order valence-electron chi connectivity index (χ2n) is 5.23. The predicted molar refractivity (Wildman–Crippen MR) is 85.6 cm³/mol. The molecule has 114 valence electrons. The highest BCUT2D eigenvalue weighted by Crippen LogP contribution is 2.06. The highest BCUT2D eigenvalue weighted by atomic mass is 16.4. The van der Waals surface area contributed by atoms with Gasteiger partial charge in [-0.15, -0.1) is 0 Å². The van der Waals surface area contributed by atoms with Gasteiger partial charge in [-0.05, 0) is 31.8 Å². The zero-order valence-corrected chi connectivity index (χ0v) is 13.0. The smallest absolute Gasteiger partial charge is 0.303 e. The third-order valence-electron chi connectivity index (χ3n) is 3.22. The van der Waals surface area contributed by atoms with Gasteiger partial charge in [0.15, 0.2) is 0 Å². The molecule has 0 aliphatic rings. The summed E-state index contributed by atoms with van der Waals surface area (Å²) in [6.45, 7) is 2.24. The molecule has 0 heterocycles. The zero-order valence-electron chi connectivity index (χ0n) is 13.0. The summed E-state index contributed by atoms with van der Waals surface area (Å²) >= 11 is 0. The first-order valence-corrected chi connectivity index (χ1v) is 8.12. The van der Waals surface area contributed by atoms with E-state index in [9.17, 15) is 4.79 Å². The van der Waals surface area contributed by atoms with Crippen molar-refractivity contribution >= 4 is 5.97 Å². The van der Waals surface area contributed by atoms with E-state index in [0.717, 1.165) is 38.5 Å². The molecule has 0 bridgehead atoms. The molecule has 0 aromatic carbocycles. The van der Waals surface area contributed by atoms with Crippen LogP contribution in [0, 0.1) is 11.8 Å². The molecule has 0 aliphatic heterocycles. The fourth-order valence-corrected chi connectivity index (χ4v) is 1.98.